The van der Waals surface area contributed by atoms with Gasteiger partial charge in [-0.2, -0.15) is 0 Å². The van der Waals surface area contributed by atoms with Crippen molar-refractivity contribution in [1.29, 1.82) is 0 Å². The first-order valence-corrected chi connectivity index (χ1v) is 9.19. The second-order valence-electron chi connectivity index (χ2n) is 5.34. The molecule has 3 nitrogen and oxygen atoms in total. The molecule has 1 N–H and O–H groups in total. The molecule has 2 heterocycles. The van der Waals surface area contributed by atoms with Gasteiger partial charge in [-0.25, -0.2) is 0 Å². The summed E-state index contributed by atoms with van der Waals surface area (Å²) in [4.78, 5) is 3.36. The van der Waals surface area contributed by atoms with Crippen molar-refractivity contribution in [3.63, 3.8) is 0 Å². The van der Waals surface area contributed by atoms with Gasteiger partial charge in [0, 0.05) is 15.6 Å². The summed E-state index contributed by atoms with van der Waals surface area (Å²) >= 11 is 13.4. The van der Waals surface area contributed by atoms with E-state index in [9.17, 15) is 0 Å². The van der Waals surface area contributed by atoms with Crippen molar-refractivity contribution in [3.8, 4) is 0 Å². The van der Waals surface area contributed by atoms with E-state index in [1.807, 2.05) is 36.4 Å². The summed E-state index contributed by atoms with van der Waals surface area (Å²) in [6.07, 6.45) is 1.68. The fourth-order valence-corrected chi connectivity index (χ4v) is 3.73. The summed E-state index contributed by atoms with van der Waals surface area (Å²) < 4.78 is 5.50. The van der Waals surface area contributed by atoms with Crippen molar-refractivity contribution >= 4 is 46.0 Å². The predicted molar refractivity (Wildman–Crippen MR) is 105 cm³/mol. The van der Waals surface area contributed by atoms with Crippen LogP contribution < -0.4 is 5.32 Å². The van der Waals surface area contributed by atoms with E-state index in [1.54, 1.807) is 17.6 Å². The lowest BCUT2D eigenvalue weighted by molar-refractivity contribution is 0.306. The van der Waals surface area contributed by atoms with Gasteiger partial charge in [0.05, 0.1) is 18.8 Å². The number of thiocarbonyl (C=S) groups is 1. The minimum atomic E-state index is 0.134. The van der Waals surface area contributed by atoms with Crippen molar-refractivity contribution in [2.75, 3.05) is 5.32 Å². The summed E-state index contributed by atoms with van der Waals surface area (Å²) in [6, 6.07) is 15.7. The van der Waals surface area contributed by atoms with Crippen LogP contribution in [-0.2, 0) is 6.54 Å². The molecule has 3 aromatic rings. The van der Waals surface area contributed by atoms with Crippen LogP contribution in [0, 0.1) is 0 Å². The molecule has 6 heteroatoms. The average Bonchev–Trinajstić information content (AvgIpc) is 3.25. The van der Waals surface area contributed by atoms with Gasteiger partial charge in [-0.15, -0.1) is 11.3 Å². The van der Waals surface area contributed by atoms with Gasteiger partial charge in [-0.3, -0.25) is 0 Å². The van der Waals surface area contributed by atoms with Crippen LogP contribution in [0.3, 0.4) is 0 Å². The van der Waals surface area contributed by atoms with E-state index in [-0.39, 0.29) is 6.04 Å². The van der Waals surface area contributed by atoms with Crippen LogP contribution in [0.2, 0.25) is 5.02 Å². The number of benzene rings is 1. The highest BCUT2D eigenvalue weighted by Gasteiger charge is 2.21. The number of halogens is 1. The molecular formula is C18H17ClN2OS2. The molecule has 0 bridgehead atoms. The molecule has 0 saturated heterocycles. The van der Waals surface area contributed by atoms with E-state index in [0.717, 1.165) is 11.4 Å². The Bertz CT molecular complexity index is 787. The lowest BCUT2D eigenvalue weighted by Gasteiger charge is -2.30. The van der Waals surface area contributed by atoms with Gasteiger partial charge < -0.3 is 14.6 Å². The Morgan fingerprint density at radius 2 is 2.17 bits per heavy atom. The maximum absolute atomic E-state index is 6.06. The minimum Gasteiger partial charge on any atom is -0.467 e. The van der Waals surface area contributed by atoms with E-state index < -0.39 is 0 Å². The van der Waals surface area contributed by atoms with E-state index in [4.69, 9.17) is 28.2 Å². The van der Waals surface area contributed by atoms with E-state index in [1.165, 1.54) is 4.88 Å². The van der Waals surface area contributed by atoms with Crippen molar-refractivity contribution < 1.29 is 4.42 Å². The average molecular weight is 377 g/mol. The first kappa shape index (κ1) is 17.0. The highest BCUT2D eigenvalue weighted by molar-refractivity contribution is 7.80. The molecular weight excluding hydrogens is 360 g/mol. The predicted octanol–water partition coefficient (Wildman–Crippen LogP) is 5.95. The molecule has 124 valence electrons. The largest absolute Gasteiger partial charge is 0.467 e. The maximum atomic E-state index is 6.06. The number of anilines is 1. The van der Waals surface area contributed by atoms with Gasteiger partial charge >= 0.3 is 0 Å². The molecule has 1 aromatic carbocycles. The van der Waals surface area contributed by atoms with Crippen LogP contribution in [0.4, 0.5) is 5.69 Å². The van der Waals surface area contributed by atoms with Gasteiger partial charge in [-0.05, 0) is 60.9 Å². The molecule has 0 unspecified atom stereocenters. The van der Waals surface area contributed by atoms with E-state index in [2.05, 4.69) is 34.7 Å². The molecule has 0 amide bonds. The Labute approximate surface area is 155 Å². The third-order valence-electron chi connectivity index (χ3n) is 3.67. The Morgan fingerprint density at radius 1 is 1.29 bits per heavy atom. The standard InChI is InChI=1S/C18H17ClN2OS2/c1-13(17-8-4-10-24-17)21(12-16-7-3-9-22-16)18(23)20-15-6-2-5-14(19)11-15/h2-11,13H,12H2,1H3,(H,20,23)/t13-/m0/s1. The summed E-state index contributed by atoms with van der Waals surface area (Å²) in [5, 5.41) is 6.65. The number of rotatable bonds is 5. The molecule has 24 heavy (non-hydrogen) atoms. The Hall–Kier alpha value is -1.82. The molecule has 0 fully saturated rings. The van der Waals surface area contributed by atoms with Crippen LogP contribution >= 0.6 is 35.2 Å². The number of thiophene rings is 1. The number of nitrogens with one attached hydrogen (secondary N) is 1. The first-order chi connectivity index (χ1) is 11.6. The number of nitrogens with zero attached hydrogens (tertiary/aromatic N) is 1. The maximum Gasteiger partial charge on any atom is 0.174 e. The van der Waals surface area contributed by atoms with Gasteiger partial charge in [0.2, 0.25) is 0 Å². The molecule has 0 aliphatic rings. The molecule has 2 aromatic heterocycles. The van der Waals surface area contributed by atoms with Crippen LogP contribution in [0.15, 0.2) is 64.6 Å². The van der Waals surface area contributed by atoms with Crippen molar-refractivity contribution in [3.05, 3.63) is 75.8 Å². The third kappa shape index (κ3) is 4.17. The number of hydrogen-bond acceptors (Lipinski definition) is 3. The number of hydrogen-bond donors (Lipinski definition) is 1. The lowest BCUT2D eigenvalue weighted by atomic mass is 10.2. The Kier molecular flexibility index (Phi) is 5.56. The summed E-state index contributed by atoms with van der Waals surface area (Å²) in [7, 11) is 0. The molecule has 1 atom stereocenters. The third-order valence-corrected chi connectivity index (χ3v) is 5.28. The van der Waals surface area contributed by atoms with Gasteiger partial charge in [-0.1, -0.05) is 23.7 Å². The highest BCUT2D eigenvalue weighted by Crippen LogP contribution is 2.27. The lowest BCUT2D eigenvalue weighted by Crippen LogP contribution is -2.36. The fourth-order valence-electron chi connectivity index (χ4n) is 2.40. The molecule has 0 radical (unpaired) electrons. The van der Waals surface area contributed by atoms with Gasteiger partial charge in [0.1, 0.15) is 5.76 Å². The second kappa shape index (κ2) is 7.83. The van der Waals surface area contributed by atoms with E-state index in [0.29, 0.717) is 16.7 Å². The second-order valence-corrected chi connectivity index (χ2v) is 7.14. The van der Waals surface area contributed by atoms with Gasteiger partial charge in [0.15, 0.2) is 5.11 Å². The Balaban J connectivity index is 1.81. The SMILES string of the molecule is C[C@@H](c1cccs1)N(Cc1ccco1)C(=S)Nc1cccc(Cl)c1. The monoisotopic (exact) mass is 376 g/mol. The smallest absolute Gasteiger partial charge is 0.174 e. The topological polar surface area (TPSA) is 28.4 Å². The quantitative estimate of drug-likeness (QED) is 0.556. The summed E-state index contributed by atoms with van der Waals surface area (Å²) in [5.74, 6) is 0.869. The fraction of sp³-hybridized carbons (Fsp3) is 0.167. The molecule has 3 rings (SSSR count). The summed E-state index contributed by atoms with van der Waals surface area (Å²) in [6.45, 7) is 2.74. The zero-order chi connectivity index (χ0) is 16.9. The zero-order valence-corrected chi connectivity index (χ0v) is 15.5. The molecule has 0 spiro atoms. The molecule has 0 aliphatic heterocycles. The Morgan fingerprint density at radius 3 is 2.83 bits per heavy atom. The van der Waals surface area contributed by atoms with Crippen LogP contribution in [-0.4, -0.2) is 10.0 Å². The summed E-state index contributed by atoms with van der Waals surface area (Å²) in [5.41, 5.74) is 0.871. The molecule has 0 saturated carbocycles. The van der Waals surface area contributed by atoms with Crippen LogP contribution in [0.25, 0.3) is 0 Å². The zero-order valence-electron chi connectivity index (χ0n) is 13.1. The van der Waals surface area contributed by atoms with Crippen molar-refractivity contribution in [2.45, 2.75) is 19.5 Å². The van der Waals surface area contributed by atoms with Crippen molar-refractivity contribution in [2.24, 2.45) is 0 Å². The molecule has 0 aliphatic carbocycles. The normalized spacial score (nSPS) is 11.9. The van der Waals surface area contributed by atoms with Crippen LogP contribution in [0.5, 0.6) is 0 Å². The van der Waals surface area contributed by atoms with E-state index >= 15 is 0 Å². The number of furan rings is 1. The minimum absolute atomic E-state index is 0.134. The van der Waals surface area contributed by atoms with Crippen molar-refractivity contribution in [1.82, 2.24) is 4.90 Å². The van der Waals surface area contributed by atoms with Gasteiger partial charge in [0.25, 0.3) is 0 Å². The first-order valence-electron chi connectivity index (χ1n) is 7.52. The van der Waals surface area contributed by atoms with Crippen LogP contribution in [0.1, 0.15) is 23.6 Å². The highest BCUT2D eigenvalue weighted by atomic mass is 35.5.